The Labute approximate surface area is 153 Å². The predicted octanol–water partition coefficient (Wildman–Crippen LogP) is 4.04. The topological polar surface area (TPSA) is 70.6 Å². The van der Waals surface area contributed by atoms with E-state index in [0.29, 0.717) is 26.3 Å². The summed E-state index contributed by atoms with van der Waals surface area (Å²) in [6.07, 6.45) is 1.31. The summed E-state index contributed by atoms with van der Waals surface area (Å²) in [4.78, 5) is 23.5. The van der Waals surface area contributed by atoms with Gasteiger partial charge in [-0.25, -0.2) is 5.43 Å². The summed E-state index contributed by atoms with van der Waals surface area (Å²) in [7, 11) is 0. The summed E-state index contributed by atoms with van der Waals surface area (Å²) in [5, 5.41) is 7.46. The highest BCUT2D eigenvalue weighted by Gasteiger charge is 2.13. The van der Waals surface area contributed by atoms with E-state index >= 15 is 0 Å². The zero-order valence-electron chi connectivity index (χ0n) is 12.4. The second-order valence-corrected chi connectivity index (χ2v) is 6.03. The first-order valence-electron chi connectivity index (χ1n) is 6.72. The lowest BCUT2D eigenvalue weighted by molar-refractivity contribution is -0.136. The zero-order valence-corrected chi connectivity index (χ0v) is 14.7. The molecule has 0 aliphatic heterocycles. The lowest BCUT2D eigenvalue weighted by atomic mass is 10.2. The smallest absolute Gasteiger partial charge is 0.318 e. The van der Waals surface area contributed by atoms with Crippen LogP contribution in [0.25, 0.3) is 0 Å². The average molecular weight is 385 g/mol. The van der Waals surface area contributed by atoms with Crippen molar-refractivity contribution in [2.24, 2.45) is 5.10 Å². The molecule has 2 N–H and O–H groups in total. The Hall–Kier alpha value is -2.08. The van der Waals surface area contributed by atoms with Crippen LogP contribution in [0, 0.1) is 6.92 Å². The van der Waals surface area contributed by atoms with Gasteiger partial charge in [0.25, 0.3) is 0 Å². The minimum atomic E-state index is -0.923. The number of halogens is 3. The van der Waals surface area contributed by atoms with Crippen LogP contribution in [0.1, 0.15) is 11.1 Å². The van der Waals surface area contributed by atoms with E-state index in [-0.39, 0.29) is 0 Å². The SMILES string of the molecule is Cc1ccc(NC(=O)C(=O)N/N=C\c2ccc(Cl)cc2Cl)cc1Cl. The number of benzene rings is 2. The molecule has 0 unspecified atom stereocenters. The Morgan fingerprint density at radius 3 is 2.42 bits per heavy atom. The number of rotatable bonds is 3. The van der Waals surface area contributed by atoms with E-state index in [1.165, 1.54) is 6.21 Å². The van der Waals surface area contributed by atoms with E-state index in [4.69, 9.17) is 34.8 Å². The summed E-state index contributed by atoms with van der Waals surface area (Å²) in [6, 6.07) is 9.73. The highest BCUT2D eigenvalue weighted by molar-refractivity contribution is 6.40. The molecule has 5 nitrogen and oxygen atoms in total. The molecule has 2 aromatic carbocycles. The third kappa shape index (κ3) is 4.96. The second-order valence-electron chi connectivity index (χ2n) is 4.78. The van der Waals surface area contributed by atoms with Gasteiger partial charge >= 0.3 is 11.8 Å². The molecule has 0 spiro atoms. The van der Waals surface area contributed by atoms with Gasteiger partial charge in [-0.05, 0) is 36.8 Å². The molecule has 0 atom stereocenters. The van der Waals surface area contributed by atoms with E-state index in [9.17, 15) is 9.59 Å². The van der Waals surface area contributed by atoms with Crippen molar-refractivity contribution in [1.82, 2.24) is 5.43 Å². The molecular weight excluding hydrogens is 373 g/mol. The minimum Gasteiger partial charge on any atom is -0.318 e. The van der Waals surface area contributed by atoms with E-state index in [1.54, 1.807) is 36.4 Å². The average Bonchev–Trinajstić information content (AvgIpc) is 2.53. The molecule has 0 heterocycles. The van der Waals surface area contributed by atoms with Crippen molar-refractivity contribution in [3.05, 3.63) is 62.6 Å². The van der Waals surface area contributed by atoms with Gasteiger partial charge in [-0.3, -0.25) is 9.59 Å². The Balaban J connectivity index is 1.95. The predicted molar refractivity (Wildman–Crippen MR) is 97.0 cm³/mol. The number of hydrogen-bond acceptors (Lipinski definition) is 3. The van der Waals surface area contributed by atoms with Crippen LogP contribution >= 0.6 is 34.8 Å². The molecule has 0 aromatic heterocycles. The zero-order chi connectivity index (χ0) is 17.7. The largest absolute Gasteiger partial charge is 0.329 e. The molecule has 124 valence electrons. The first kappa shape index (κ1) is 18.3. The van der Waals surface area contributed by atoms with E-state index in [2.05, 4.69) is 15.8 Å². The van der Waals surface area contributed by atoms with Gasteiger partial charge in [0.2, 0.25) is 0 Å². The van der Waals surface area contributed by atoms with E-state index < -0.39 is 11.8 Å². The number of aryl methyl sites for hydroxylation is 1. The summed E-state index contributed by atoms with van der Waals surface area (Å²) < 4.78 is 0. The maximum atomic E-state index is 11.8. The standard InChI is InChI=1S/C16H12Cl3N3O2/c1-9-2-5-12(7-13(9)18)21-15(23)16(24)22-20-8-10-3-4-11(17)6-14(10)19/h2-8H,1H3,(H,21,23)(H,22,24)/b20-8-. The Bertz CT molecular complexity index is 822. The monoisotopic (exact) mass is 383 g/mol. The van der Waals surface area contributed by atoms with Gasteiger partial charge in [-0.15, -0.1) is 0 Å². The van der Waals surface area contributed by atoms with Crippen LogP contribution in [0.15, 0.2) is 41.5 Å². The van der Waals surface area contributed by atoms with Crippen LogP contribution in [0.2, 0.25) is 15.1 Å². The van der Waals surface area contributed by atoms with E-state index in [1.807, 2.05) is 6.92 Å². The van der Waals surface area contributed by atoms with Gasteiger partial charge < -0.3 is 5.32 Å². The molecule has 2 rings (SSSR count). The molecule has 2 aromatic rings. The highest BCUT2D eigenvalue weighted by atomic mass is 35.5. The van der Waals surface area contributed by atoms with Gasteiger partial charge in [0.1, 0.15) is 0 Å². The third-order valence-electron chi connectivity index (χ3n) is 2.97. The summed E-state index contributed by atoms with van der Waals surface area (Å²) in [5.41, 5.74) is 3.94. The van der Waals surface area contributed by atoms with Crippen LogP contribution in [0.3, 0.4) is 0 Å². The van der Waals surface area contributed by atoms with Crippen molar-refractivity contribution in [2.75, 3.05) is 5.32 Å². The molecule has 0 bridgehead atoms. The Morgan fingerprint density at radius 1 is 1.00 bits per heavy atom. The molecule has 0 saturated heterocycles. The fourth-order valence-corrected chi connectivity index (χ4v) is 2.31. The van der Waals surface area contributed by atoms with E-state index in [0.717, 1.165) is 5.56 Å². The Morgan fingerprint density at radius 2 is 1.75 bits per heavy atom. The summed E-state index contributed by atoms with van der Waals surface area (Å²) in [6.45, 7) is 1.83. The molecule has 0 radical (unpaired) electrons. The number of amides is 2. The van der Waals surface area contributed by atoms with Crippen LogP contribution in [0.4, 0.5) is 5.69 Å². The van der Waals surface area contributed by atoms with Crippen LogP contribution < -0.4 is 10.7 Å². The fraction of sp³-hybridized carbons (Fsp3) is 0.0625. The fourth-order valence-electron chi connectivity index (χ4n) is 1.68. The normalized spacial score (nSPS) is 10.7. The molecular formula is C16H12Cl3N3O2. The van der Waals surface area contributed by atoms with Crippen molar-refractivity contribution in [1.29, 1.82) is 0 Å². The van der Waals surface area contributed by atoms with Crippen LogP contribution in [-0.2, 0) is 9.59 Å². The van der Waals surface area contributed by atoms with Crippen molar-refractivity contribution < 1.29 is 9.59 Å². The summed E-state index contributed by atoms with van der Waals surface area (Å²) >= 11 is 17.7. The van der Waals surface area contributed by atoms with Crippen molar-refractivity contribution >= 4 is 58.5 Å². The van der Waals surface area contributed by atoms with Gasteiger partial charge in [-0.2, -0.15) is 5.10 Å². The summed E-state index contributed by atoms with van der Waals surface area (Å²) in [5.74, 6) is -1.79. The number of hydrazone groups is 1. The molecule has 24 heavy (non-hydrogen) atoms. The molecule has 0 aliphatic rings. The van der Waals surface area contributed by atoms with Gasteiger partial charge in [0.05, 0.1) is 11.2 Å². The number of hydrogen-bond donors (Lipinski definition) is 2. The van der Waals surface area contributed by atoms with Gasteiger partial charge in [0.15, 0.2) is 0 Å². The van der Waals surface area contributed by atoms with Gasteiger partial charge in [0, 0.05) is 21.3 Å². The molecule has 0 aliphatic carbocycles. The van der Waals surface area contributed by atoms with Crippen LogP contribution in [-0.4, -0.2) is 18.0 Å². The molecule has 0 saturated carbocycles. The quantitative estimate of drug-likeness (QED) is 0.476. The second kappa shape index (κ2) is 8.15. The van der Waals surface area contributed by atoms with Gasteiger partial charge in [-0.1, -0.05) is 46.9 Å². The minimum absolute atomic E-state index is 0.374. The van der Waals surface area contributed by atoms with Crippen LogP contribution in [0.5, 0.6) is 0 Å². The first-order chi connectivity index (χ1) is 11.4. The highest BCUT2D eigenvalue weighted by Crippen LogP contribution is 2.20. The maximum absolute atomic E-state index is 11.8. The lowest BCUT2D eigenvalue weighted by Crippen LogP contribution is -2.32. The maximum Gasteiger partial charge on any atom is 0.329 e. The first-order valence-corrected chi connectivity index (χ1v) is 7.86. The number of nitrogens with one attached hydrogen (secondary N) is 2. The molecule has 0 fully saturated rings. The molecule has 8 heteroatoms. The lowest BCUT2D eigenvalue weighted by Gasteiger charge is -2.05. The van der Waals surface area contributed by atoms with Crippen molar-refractivity contribution in [3.8, 4) is 0 Å². The molecule has 2 amide bonds. The van der Waals surface area contributed by atoms with Crippen molar-refractivity contribution in [3.63, 3.8) is 0 Å². The number of anilines is 1. The number of nitrogens with zero attached hydrogens (tertiary/aromatic N) is 1. The third-order valence-corrected chi connectivity index (χ3v) is 3.94. The number of carbonyl (C=O) groups excluding carboxylic acids is 2. The number of carbonyl (C=O) groups is 2. The van der Waals surface area contributed by atoms with Crippen molar-refractivity contribution in [2.45, 2.75) is 6.92 Å². The Kier molecular flexibility index (Phi) is 6.20.